The molecule has 7 rings (SSSR count). The van der Waals surface area contributed by atoms with E-state index in [-0.39, 0.29) is 12.5 Å². The largest absolute Gasteiger partial charge is 0.468 e. The first-order valence-corrected chi connectivity index (χ1v) is 12.6. The molecule has 1 aliphatic rings. The van der Waals surface area contributed by atoms with Crippen molar-refractivity contribution in [2.24, 2.45) is 5.16 Å². The van der Waals surface area contributed by atoms with Crippen molar-refractivity contribution in [2.75, 3.05) is 0 Å². The molecule has 1 atom stereocenters. The number of rotatable bonds is 6. The first kappa shape index (κ1) is 23.2. The van der Waals surface area contributed by atoms with Gasteiger partial charge in [-0.3, -0.25) is 0 Å². The normalized spacial score (nSPS) is 14.4. The highest BCUT2D eigenvalue weighted by Crippen LogP contribution is 2.49. The molecule has 11 heteroatoms. The van der Waals surface area contributed by atoms with Crippen LogP contribution in [0.2, 0.25) is 5.02 Å². The molecule has 5 heterocycles. The summed E-state index contributed by atoms with van der Waals surface area (Å²) in [7, 11) is 0. The minimum Gasteiger partial charge on any atom is -0.468 e. The van der Waals surface area contributed by atoms with Gasteiger partial charge in [0.05, 0.1) is 40.9 Å². The van der Waals surface area contributed by atoms with Crippen LogP contribution >= 0.6 is 11.6 Å². The second-order valence-corrected chi connectivity index (χ2v) is 9.30. The van der Waals surface area contributed by atoms with Gasteiger partial charge in [0, 0.05) is 10.6 Å². The fourth-order valence-corrected chi connectivity index (χ4v) is 4.92. The van der Waals surface area contributed by atoms with Gasteiger partial charge in [0.2, 0.25) is 11.8 Å². The molecule has 10 nitrogen and oxygen atoms in total. The summed E-state index contributed by atoms with van der Waals surface area (Å²) in [5, 5.41) is 14.0. The number of hydrogen-bond acceptors (Lipinski definition) is 8. The molecule has 2 aromatic carbocycles. The van der Waals surface area contributed by atoms with Crippen molar-refractivity contribution in [3.8, 4) is 17.4 Å². The molecule has 192 valence electrons. The zero-order chi connectivity index (χ0) is 26.3. The molecule has 0 saturated heterocycles. The van der Waals surface area contributed by atoms with Crippen LogP contribution < -0.4 is 4.74 Å². The molecular weight excluding hydrogens is 518 g/mol. The van der Waals surface area contributed by atoms with Crippen LogP contribution in [0, 0.1) is 6.92 Å². The van der Waals surface area contributed by atoms with E-state index in [2.05, 4.69) is 15.2 Å². The maximum Gasteiger partial charge on any atom is 0.230 e. The van der Waals surface area contributed by atoms with Gasteiger partial charge in [0.1, 0.15) is 12.1 Å². The van der Waals surface area contributed by atoms with Gasteiger partial charge in [0.25, 0.3) is 0 Å². The predicted octanol–water partition coefficient (Wildman–Crippen LogP) is 5.70. The Labute approximate surface area is 227 Å². The molecule has 0 radical (unpaired) electrons. The Morgan fingerprint density at radius 1 is 1.03 bits per heavy atom. The lowest BCUT2D eigenvalue weighted by Gasteiger charge is -2.24. The number of benzene rings is 2. The second kappa shape index (κ2) is 9.41. The topological polar surface area (TPSA) is 105 Å². The molecule has 6 aromatic rings. The SMILES string of the molecule is Cc1nn(-c2ccccc2)c2c1[C@@H](c1ccco1)c1c(ncn3nc(CO/N=C\c4ccccc4Cl)nc13)O2. The Morgan fingerprint density at radius 3 is 2.69 bits per heavy atom. The van der Waals surface area contributed by atoms with Gasteiger partial charge in [-0.05, 0) is 37.3 Å². The molecule has 0 spiro atoms. The molecule has 0 bridgehead atoms. The zero-order valence-electron chi connectivity index (χ0n) is 20.6. The summed E-state index contributed by atoms with van der Waals surface area (Å²) in [5.41, 5.74) is 4.62. The highest BCUT2D eigenvalue weighted by molar-refractivity contribution is 6.33. The molecule has 0 saturated carbocycles. The first-order chi connectivity index (χ1) is 19.2. The summed E-state index contributed by atoms with van der Waals surface area (Å²) >= 11 is 6.17. The third kappa shape index (κ3) is 4.02. The van der Waals surface area contributed by atoms with Crippen LogP contribution in [-0.4, -0.2) is 35.6 Å². The number of oxime groups is 1. The van der Waals surface area contributed by atoms with Gasteiger partial charge in [-0.25, -0.2) is 19.2 Å². The summed E-state index contributed by atoms with van der Waals surface area (Å²) in [5.74, 6) is 1.79. The van der Waals surface area contributed by atoms with Crippen molar-refractivity contribution < 1.29 is 14.0 Å². The van der Waals surface area contributed by atoms with E-state index in [1.165, 1.54) is 0 Å². The Kier molecular flexibility index (Phi) is 5.59. The van der Waals surface area contributed by atoms with Gasteiger partial charge in [-0.1, -0.05) is 53.2 Å². The number of fused-ring (bicyclic) bond motifs is 4. The lowest BCUT2D eigenvalue weighted by molar-refractivity contribution is 0.126. The fourth-order valence-electron chi connectivity index (χ4n) is 4.74. The molecule has 0 amide bonds. The van der Waals surface area contributed by atoms with E-state index in [9.17, 15) is 0 Å². The molecule has 39 heavy (non-hydrogen) atoms. The molecule has 0 aliphatic carbocycles. The van der Waals surface area contributed by atoms with E-state index in [0.29, 0.717) is 28.3 Å². The zero-order valence-corrected chi connectivity index (χ0v) is 21.4. The van der Waals surface area contributed by atoms with Crippen LogP contribution in [0.3, 0.4) is 0 Å². The number of furan rings is 1. The maximum atomic E-state index is 6.39. The quantitative estimate of drug-likeness (QED) is 0.198. The van der Waals surface area contributed by atoms with E-state index >= 15 is 0 Å². The molecule has 4 aromatic heterocycles. The van der Waals surface area contributed by atoms with Crippen LogP contribution in [0.4, 0.5) is 0 Å². The van der Waals surface area contributed by atoms with Crippen molar-refractivity contribution in [2.45, 2.75) is 19.4 Å². The number of halogens is 1. The van der Waals surface area contributed by atoms with Gasteiger partial charge >= 0.3 is 0 Å². The molecule has 0 unspecified atom stereocenters. The predicted molar refractivity (Wildman–Crippen MR) is 143 cm³/mol. The highest BCUT2D eigenvalue weighted by Gasteiger charge is 2.39. The van der Waals surface area contributed by atoms with Gasteiger partial charge in [-0.2, -0.15) is 5.10 Å². The molecule has 0 fully saturated rings. The molecular formula is C28H20ClN7O3. The lowest BCUT2D eigenvalue weighted by Crippen LogP contribution is -2.15. The Balaban J connectivity index is 1.28. The van der Waals surface area contributed by atoms with Crippen LogP contribution in [0.1, 0.15) is 39.9 Å². The van der Waals surface area contributed by atoms with Crippen molar-refractivity contribution >= 4 is 23.5 Å². The molecule has 0 N–H and O–H groups in total. The average molecular weight is 538 g/mol. The fraction of sp³-hybridized carbons (Fsp3) is 0.107. The van der Waals surface area contributed by atoms with Crippen LogP contribution in [-0.2, 0) is 11.4 Å². The summed E-state index contributed by atoms with van der Waals surface area (Å²) in [6.45, 7) is 2.01. The van der Waals surface area contributed by atoms with Crippen LogP contribution in [0.25, 0.3) is 11.3 Å². The van der Waals surface area contributed by atoms with Crippen LogP contribution in [0.15, 0.2) is 88.9 Å². The third-order valence-corrected chi connectivity index (χ3v) is 6.80. The van der Waals surface area contributed by atoms with Crippen molar-refractivity contribution in [3.63, 3.8) is 0 Å². The van der Waals surface area contributed by atoms with E-state index in [0.717, 1.165) is 33.8 Å². The number of aromatic nitrogens is 6. The number of ether oxygens (including phenoxy) is 1. The second-order valence-electron chi connectivity index (χ2n) is 8.89. The van der Waals surface area contributed by atoms with E-state index in [1.807, 2.05) is 67.6 Å². The number of para-hydroxylation sites is 1. The number of hydrogen-bond donors (Lipinski definition) is 0. The van der Waals surface area contributed by atoms with Gasteiger partial charge in [-0.15, -0.1) is 5.10 Å². The van der Waals surface area contributed by atoms with Crippen molar-refractivity contribution in [3.05, 3.63) is 118 Å². The van der Waals surface area contributed by atoms with Crippen molar-refractivity contribution in [1.29, 1.82) is 0 Å². The standard InChI is InChI=1S/C28H20ClN7O3/c1-17-23-24(21-12-7-13-37-21)25-26-32-22(15-38-31-14-18-8-5-6-11-20(18)29)34-35(26)16-30-27(25)39-28(23)36(33-17)19-9-3-2-4-10-19/h2-14,16,24H,15H2,1H3/b31-14-/t24-/m1/s1. The third-order valence-electron chi connectivity index (χ3n) is 6.46. The number of nitrogens with zero attached hydrogens (tertiary/aromatic N) is 7. The summed E-state index contributed by atoms with van der Waals surface area (Å²) in [6, 6.07) is 21.0. The smallest absolute Gasteiger partial charge is 0.230 e. The van der Waals surface area contributed by atoms with E-state index in [4.69, 9.17) is 35.7 Å². The lowest BCUT2D eigenvalue weighted by atomic mass is 9.88. The monoisotopic (exact) mass is 537 g/mol. The Bertz CT molecular complexity index is 1830. The average Bonchev–Trinajstić information content (AvgIpc) is 3.71. The number of aryl methyl sites for hydroxylation is 1. The summed E-state index contributed by atoms with van der Waals surface area (Å²) in [4.78, 5) is 14.8. The Morgan fingerprint density at radius 2 is 1.87 bits per heavy atom. The van der Waals surface area contributed by atoms with E-state index in [1.54, 1.807) is 34.1 Å². The Hall–Kier alpha value is -4.96. The molecule has 1 aliphatic heterocycles. The summed E-state index contributed by atoms with van der Waals surface area (Å²) in [6.07, 6.45) is 4.77. The minimum atomic E-state index is -0.358. The highest BCUT2D eigenvalue weighted by atomic mass is 35.5. The van der Waals surface area contributed by atoms with Gasteiger partial charge in [0.15, 0.2) is 18.1 Å². The van der Waals surface area contributed by atoms with Gasteiger partial charge < -0.3 is 14.0 Å². The summed E-state index contributed by atoms with van der Waals surface area (Å²) < 4.78 is 15.7. The minimum absolute atomic E-state index is 0.0555. The van der Waals surface area contributed by atoms with E-state index < -0.39 is 0 Å². The maximum absolute atomic E-state index is 6.39. The van der Waals surface area contributed by atoms with Crippen molar-refractivity contribution in [1.82, 2.24) is 29.4 Å². The van der Waals surface area contributed by atoms with Crippen LogP contribution in [0.5, 0.6) is 11.8 Å². The first-order valence-electron chi connectivity index (χ1n) is 12.2.